The van der Waals surface area contributed by atoms with Crippen LogP contribution >= 0.6 is 0 Å². The Morgan fingerprint density at radius 1 is 1.45 bits per heavy atom. The van der Waals surface area contributed by atoms with Crippen LogP contribution in [0.1, 0.15) is 22.8 Å². The molecular weight excluding hydrogens is 288 g/mol. The van der Waals surface area contributed by atoms with Crippen LogP contribution in [0.15, 0.2) is 12.1 Å². The molecule has 0 aliphatic carbocycles. The second-order valence-electron chi connectivity index (χ2n) is 5.41. The highest BCUT2D eigenvalue weighted by Crippen LogP contribution is 2.26. The topological polar surface area (TPSA) is 110 Å². The highest BCUT2D eigenvalue weighted by atomic mass is 16.6. The number of likely N-dealkylation sites (N-methyl/N-ethyl adjacent to an activating group) is 1. The van der Waals surface area contributed by atoms with Gasteiger partial charge in [-0.3, -0.25) is 24.6 Å². The van der Waals surface area contributed by atoms with Crippen molar-refractivity contribution in [3.05, 3.63) is 33.4 Å². The number of aryl methyl sites for hydroxylation is 1. The minimum atomic E-state index is -0.653. The summed E-state index contributed by atoms with van der Waals surface area (Å²) in [6.07, 6.45) is 0.443. The number of nitrogens with zero attached hydrogens (tertiary/aromatic N) is 3. The zero-order valence-electron chi connectivity index (χ0n) is 13.1. The molecule has 120 valence electrons. The molecule has 0 aliphatic rings. The zero-order valence-corrected chi connectivity index (χ0v) is 13.1. The molecular formula is C14H20N4O4. The summed E-state index contributed by atoms with van der Waals surface area (Å²) in [6.45, 7) is 3.83. The van der Waals surface area contributed by atoms with Gasteiger partial charge in [0.05, 0.1) is 4.92 Å². The predicted molar refractivity (Wildman–Crippen MR) is 82.5 cm³/mol. The van der Waals surface area contributed by atoms with Gasteiger partial charge in [0.15, 0.2) is 0 Å². The fraction of sp³-hybridized carbons (Fsp3) is 0.429. The third-order valence-electron chi connectivity index (χ3n) is 3.25. The number of nitro benzene ring substituents is 1. The minimum absolute atomic E-state index is 0.0157. The number of carbonyl (C=O) groups is 2. The van der Waals surface area contributed by atoms with Crippen molar-refractivity contribution in [1.82, 2.24) is 9.80 Å². The average molecular weight is 308 g/mol. The van der Waals surface area contributed by atoms with E-state index < -0.39 is 10.8 Å². The molecule has 1 aromatic carbocycles. The summed E-state index contributed by atoms with van der Waals surface area (Å²) in [4.78, 5) is 37.0. The van der Waals surface area contributed by atoms with E-state index in [1.165, 1.54) is 6.07 Å². The van der Waals surface area contributed by atoms with Crippen molar-refractivity contribution < 1.29 is 14.5 Å². The van der Waals surface area contributed by atoms with Crippen LogP contribution in [-0.4, -0.2) is 53.7 Å². The molecule has 1 aromatic rings. The molecule has 0 bridgehead atoms. The quantitative estimate of drug-likeness (QED) is 0.364. The monoisotopic (exact) mass is 308 g/mol. The van der Waals surface area contributed by atoms with Gasteiger partial charge in [0.25, 0.3) is 11.6 Å². The lowest BCUT2D eigenvalue weighted by Crippen LogP contribution is -2.43. The first-order chi connectivity index (χ1) is 10.2. The van der Waals surface area contributed by atoms with Gasteiger partial charge < -0.3 is 10.6 Å². The Labute approximate surface area is 128 Å². The molecule has 1 atom stereocenters. The van der Waals surface area contributed by atoms with Gasteiger partial charge in [0.2, 0.25) is 6.41 Å². The normalized spacial score (nSPS) is 12.0. The number of nitro groups is 1. The Hall–Kier alpha value is -2.48. The van der Waals surface area contributed by atoms with Crippen LogP contribution in [0.5, 0.6) is 0 Å². The van der Waals surface area contributed by atoms with Crippen molar-refractivity contribution in [3.8, 4) is 0 Å². The van der Waals surface area contributed by atoms with E-state index in [0.717, 1.165) is 11.0 Å². The van der Waals surface area contributed by atoms with E-state index in [4.69, 9.17) is 5.73 Å². The number of hydrogen-bond acceptors (Lipinski definition) is 6. The lowest BCUT2D eigenvalue weighted by Gasteiger charge is -2.26. The maximum absolute atomic E-state index is 12.5. The van der Waals surface area contributed by atoms with Crippen molar-refractivity contribution in [2.75, 3.05) is 26.4 Å². The number of benzene rings is 1. The van der Waals surface area contributed by atoms with Crippen LogP contribution in [0.4, 0.5) is 11.4 Å². The first-order valence-corrected chi connectivity index (χ1v) is 6.66. The van der Waals surface area contributed by atoms with Gasteiger partial charge in [-0.2, -0.15) is 0 Å². The zero-order chi connectivity index (χ0) is 17.0. The van der Waals surface area contributed by atoms with Crippen molar-refractivity contribution in [2.45, 2.75) is 19.9 Å². The molecule has 0 heterocycles. The molecule has 8 heteroatoms. The van der Waals surface area contributed by atoms with Crippen molar-refractivity contribution in [2.24, 2.45) is 0 Å². The third-order valence-corrected chi connectivity index (χ3v) is 3.25. The van der Waals surface area contributed by atoms with Gasteiger partial charge >= 0.3 is 0 Å². The van der Waals surface area contributed by atoms with E-state index >= 15 is 0 Å². The van der Waals surface area contributed by atoms with Crippen LogP contribution in [0.25, 0.3) is 0 Å². The maximum atomic E-state index is 12.5. The summed E-state index contributed by atoms with van der Waals surface area (Å²) in [5.41, 5.74) is 5.80. The number of imide groups is 1. The maximum Gasteiger partial charge on any atom is 0.292 e. The fourth-order valence-corrected chi connectivity index (χ4v) is 2.21. The molecule has 0 fully saturated rings. The van der Waals surface area contributed by atoms with Gasteiger partial charge in [-0.15, -0.1) is 0 Å². The summed E-state index contributed by atoms with van der Waals surface area (Å²) >= 11 is 0. The molecule has 0 aromatic heterocycles. The van der Waals surface area contributed by atoms with Crippen LogP contribution in [-0.2, 0) is 4.79 Å². The van der Waals surface area contributed by atoms with Crippen LogP contribution in [0.2, 0.25) is 0 Å². The Kier molecular flexibility index (Phi) is 5.58. The minimum Gasteiger partial charge on any atom is -0.393 e. The first-order valence-electron chi connectivity index (χ1n) is 6.66. The molecule has 0 saturated carbocycles. The molecule has 0 radical (unpaired) electrons. The molecule has 22 heavy (non-hydrogen) atoms. The molecule has 2 N–H and O–H groups in total. The van der Waals surface area contributed by atoms with Crippen molar-refractivity contribution in [3.63, 3.8) is 0 Å². The Balaban J connectivity index is 3.23. The van der Waals surface area contributed by atoms with Crippen molar-refractivity contribution in [1.29, 1.82) is 0 Å². The summed E-state index contributed by atoms with van der Waals surface area (Å²) in [6, 6.07) is 2.12. The van der Waals surface area contributed by atoms with Crippen LogP contribution < -0.4 is 5.73 Å². The second-order valence-corrected chi connectivity index (χ2v) is 5.41. The lowest BCUT2D eigenvalue weighted by molar-refractivity contribution is -0.383. The lowest BCUT2D eigenvalue weighted by atomic mass is 10.0. The van der Waals surface area contributed by atoms with E-state index in [0.29, 0.717) is 18.5 Å². The standard InChI is InChI=1S/C14H20N4O4/c1-9-5-12(15)13(18(21)22)6-11(9)14(20)17(8-19)10(2)7-16(3)4/h5-6,8,10H,7,15H2,1-4H3. The third kappa shape index (κ3) is 3.79. The van der Waals surface area contributed by atoms with Crippen molar-refractivity contribution >= 4 is 23.7 Å². The summed E-state index contributed by atoms with van der Waals surface area (Å²) in [5, 5.41) is 11.0. The number of anilines is 1. The van der Waals surface area contributed by atoms with Gasteiger partial charge in [-0.25, -0.2) is 0 Å². The molecule has 8 nitrogen and oxygen atoms in total. The molecule has 0 aliphatic heterocycles. The number of carbonyl (C=O) groups excluding carboxylic acids is 2. The smallest absolute Gasteiger partial charge is 0.292 e. The molecule has 0 saturated heterocycles. The molecule has 0 spiro atoms. The van der Waals surface area contributed by atoms with Crippen LogP contribution in [0, 0.1) is 17.0 Å². The van der Waals surface area contributed by atoms with E-state index in [1.807, 2.05) is 19.0 Å². The molecule has 1 rings (SSSR count). The van der Waals surface area contributed by atoms with E-state index in [1.54, 1.807) is 13.8 Å². The van der Waals surface area contributed by atoms with Crippen LogP contribution in [0.3, 0.4) is 0 Å². The van der Waals surface area contributed by atoms with Gasteiger partial charge in [0, 0.05) is 24.2 Å². The highest BCUT2D eigenvalue weighted by Gasteiger charge is 2.25. The van der Waals surface area contributed by atoms with E-state index in [-0.39, 0.29) is 23.0 Å². The molecule has 1 unspecified atom stereocenters. The summed E-state index contributed by atoms with van der Waals surface area (Å²) < 4.78 is 0. The number of nitrogens with two attached hydrogens (primary N) is 1. The van der Waals surface area contributed by atoms with Gasteiger partial charge in [-0.05, 0) is 39.6 Å². The first kappa shape index (κ1) is 17.6. The largest absolute Gasteiger partial charge is 0.393 e. The van der Waals surface area contributed by atoms with E-state index in [9.17, 15) is 19.7 Å². The van der Waals surface area contributed by atoms with Gasteiger partial charge in [-0.1, -0.05) is 0 Å². The second kappa shape index (κ2) is 6.99. The SMILES string of the molecule is Cc1cc(N)c([N+](=O)[O-])cc1C(=O)N(C=O)C(C)CN(C)C. The summed E-state index contributed by atoms with van der Waals surface area (Å²) in [7, 11) is 3.65. The summed E-state index contributed by atoms with van der Waals surface area (Å²) in [5.74, 6) is -0.579. The number of rotatable bonds is 6. The van der Waals surface area contributed by atoms with Gasteiger partial charge in [0.1, 0.15) is 5.69 Å². The fourth-order valence-electron chi connectivity index (χ4n) is 2.21. The number of nitrogen functional groups attached to an aromatic ring is 1. The molecule has 2 amide bonds. The average Bonchev–Trinajstić information content (AvgIpc) is 2.37. The number of hydrogen-bond donors (Lipinski definition) is 1. The highest BCUT2D eigenvalue weighted by molar-refractivity contribution is 6.02. The Morgan fingerprint density at radius 3 is 2.50 bits per heavy atom. The van der Waals surface area contributed by atoms with E-state index in [2.05, 4.69) is 0 Å². The Morgan fingerprint density at radius 2 is 2.05 bits per heavy atom. The number of amides is 2. The predicted octanol–water partition coefficient (Wildman–Crippen LogP) is 1.03. The Bertz CT molecular complexity index is 601.